The first-order valence-electron chi connectivity index (χ1n) is 13.6. The van der Waals surface area contributed by atoms with Crippen LogP contribution in [0.2, 0.25) is 0 Å². The zero-order valence-electron chi connectivity index (χ0n) is 23.2. The number of hydrogen-bond acceptors (Lipinski definition) is 3. The molecule has 2 atom stereocenters. The lowest BCUT2D eigenvalue weighted by molar-refractivity contribution is -0.116. The molecule has 2 aromatic carbocycles. The largest absolute Gasteiger partial charge is 0.352 e. The molecule has 1 aliphatic heterocycles. The van der Waals surface area contributed by atoms with Gasteiger partial charge in [0.1, 0.15) is 5.82 Å². The molecule has 0 aliphatic carbocycles. The van der Waals surface area contributed by atoms with Gasteiger partial charge in [-0.3, -0.25) is 9.78 Å². The fourth-order valence-electron chi connectivity index (χ4n) is 5.72. The normalized spacial score (nSPS) is 16.7. The second kappa shape index (κ2) is 11.6. The topological polar surface area (TPSA) is 62.2 Å². The first-order chi connectivity index (χ1) is 19.3. The average molecular weight is 556 g/mol. The smallest absolute Gasteiger partial charge is 0.226 e. The summed E-state index contributed by atoms with van der Waals surface area (Å²) in [4.78, 5) is 19.6. The number of hydrogen-bond donors (Lipinski definition) is 2. The third-order valence-corrected chi connectivity index (χ3v) is 7.97. The summed E-state index contributed by atoms with van der Waals surface area (Å²) in [7, 11) is 0. The molecule has 206 valence electrons. The van der Waals surface area contributed by atoms with E-state index in [1.165, 1.54) is 28.9 Å². The van der Waals surface area contributed by atoms with Crippen LogP contribution in [0.25, 0.3) is 5.69 Å². The predicted molar refractivity (Wildman–Crippen MR) is 161 cm³/mol. The zero-order chi connectivity index (χ0) is 28.4. The Bertz CT molecular complexity index is 1530. The van der Waals surface area contributed by atoms with Crippen LogP contribution >= 0.6 is 12.2 Å². The van der Waals surface area contributed by atoms with Gasteiger partial charge in [-0.2, -0.15) is 0 Å². The number of amides is 1. The van der Waals surface area contributed by atoms with Crippen molar-refractivity contribution in [2.24, 2.45) is 0 Å². The van der Waals surface area contributed by atoms with Crippen molar-refractivity contribution in [2.75, 3.05) is 11.9 Å². The van der Waals surface area contributed by atoms with Crippen molar-refractivity contribution in [3.8, 4) is 5.69 Å². The highest BCUT2D eigenvalue weighted by molar-refractivity contribution is 7.80. The van der Waals surface area contributed by atoms with Gasteiger partial charge in [0.05, 0.1) is 23.5 Å². The van der Waals surface area contributed by atoms with Crippen LogP contribution in [0.3, 0.4) is 0 Å². The van der Waals surface area contributed by atoms with Crippen molar-refractivity contribution in [3.05, 3.63) is 113 Å². The highest BCUT2D eigenvalue weighted by atomic mass is 32.1. The van der Waals surface area contributed by atoms with Gasteiger partial charge in [0.15, 0.2) is 5.11 Å². The molecule has 40 heavy (non-hydrogen) atoms. The highest BCUT2D eigenvalue weighted by Gasteiger charge is 2.41. The van der Waals surface area contributed by atoms with Gasteiger partial charge in [-0.05, 0) is 98.6 Å². The number of halogens is 1. The fraction of sp³-hybridized carbons (Fsp3) is 0.281. The van der Waals surface area contributed by atoms with Gasteiger partial charge in [0.2, 0.25) is 5.91 Å². The van der Waals surface area contributed by atoms with Gasteiger partial charge in [0.25, 0.3) is 0 Å². The molecule has 6 nitrogen and oxygen atoms in total. The summed E-state index contributed by atoms with van der Waals surface area (Å²) in [5, 5.41) is 6.94. The molecule has 5 rings (SSSR count). The Hall–Kier alpha value is -4.04. The van der Waals surface area contributed by atoms with E-state index >= 15 is 0 Å². The van der Waals surface area contributed by atoms with Crippen molar-refractivity contribution < 1.29 is 9.18 Å². The maximum Gasteiger partial charge on any atom is 0.226 e. The van der Waals surface area contributed by atoms with Gasteiger partial charge >= 0.3 is 0 Å². The molecule has 1 amide bonds. The molecule has 0 bridgehead atoms. The molecule has 2 N–H and O–H groups in total. The minimum absolute atomic E-state index is 0.157. The summed E-state index contributed by atoms with van der Waals surface area (Å²) in [6.07, 6.45) is 2.95. The monoisotopic (exact) mass is 555 g/mol. The molecular formula is C32H34FN5OS. The third kappa shape index (κ3) is 5.36. The quantitative estimate of drug-likeness (QED) is 0.243. The molecule has 0 unspecified atom stereocenters. The second-order valence-electron chi connectivity index (χ2n) is 10.2. The fourth-order valence-corrected chi connectivity index (χ4v) is 6.05. The Morgan fingerprint density at radius 2 is 1.85 bits per heavy atom. The van der Waals surface area contributed by atoms with Gasteiger partial charge in [-0.25, -0.2) is 4.39 Å². The van der Waals surface area contributed by atoms with E-state index in [9.17, 15) is 9.18 Å². The molecule has 3 heterocycles. The maximum absolute atomic E-state index is 13.3. The number of pyridine rings is 1. The number of rotatable bonds is 8. The van der Waals surface area contributed by atoms with Crippen LogP contribution in [-0.4, -0.2) is 32.0 Å². The van der Waals surface area contributed by atoms with Crippen LogP contribution in [0.5, 0.6) is 0 Å². The molecular weight excluding hydrogens is 521 g/mol. The predicted octanol–water partition coefficient (Wildman–Crippen LogP) is 6.50. The standard InChI is InChI=1S/C32H34FN5OS/c1-5-23-10-8-9-20(2)30(23)38-21(3)19-26(22(38)4)31-29(27-11-6-7-17-34-27)36-32(40)37(31)18-16-28(39)35-25-14-12-24(33)13-15-25/h6-15,17,19,29,31H,5,16,18H2,1-4H3,(H,35,39)(H,36,40)/t29-,31-/m1/s1. The van der Waals surface area contributed by atoms with Crippen molar-refractivity contribution in [1.82, 2.24) is 19.8 Å². The summed E-state index contributed by atoms with van der Waals surface area (Å²) < 4.78 is 15.6. The molecule has 8 heteroatoms. The van der Waals surface area contributed by atoms with Crippen LogP contribution in [0.4, 0.5) is 10.1 Å². The number of benzene rings is 2. The number of aryl methyl sites for hydroxylation is 3. The van der Waals surface area contributed by atoms with E-state index < -0.39 is 0 Å². The number of aromatic nitrogens is 2. The number of nitrogens with one attached hydrogen (secondary N) is 2. The van der Waals surface area contributed by atoms with Crippen LogP contribution in [0.15, 0.2) is 72.9 Å². The van der Waals surface area contributed by atoms with Crippen LogP contribution in [-0.2, 0) is 11.2 Å². The Morgan fingerprint density at radius 1 is 1.07 bits per heavy atom. The number of para-hydroxylation sites is 1. The summed E-state index contributed by atoms with van der Waals surface area (Å²) in [6, 6.07) is 20.0. The van der Waals surface area contributed by atoms with Gasteiger partial charge < -0.3 is 20.1 Å². The SMILES string of the molecule is CCc1cccc(C)c1-n1c(C)cc([C@@H]2[C@@H](c3ccccn3)NC(=S)N2CCC(=O)Nc2ccc(F)cc2)c1C. The van der Waals surface area contributed by atoms with Crippen molar-refractivity contribution in [2.45, 2.75) is 52.6 Å². The van der Waals surface area contributed by atoms with E-state index in [0.717, 1.165) is 29.1 Å². The van der Waals surface area contributed by atoms with E-state index in [4.69, 9.17) is 12.2 Å². The number of thiocarbonyl (C=S) groups is 1. The highest BCUT2D eigenvalue weighted by Crippen LogP contribution is 2.42. The Morgan fingerprint density at radius 3 is 2.55 bits per heavy atom. The lowest BCUT2D eigenvalue weighted by Gasteiger charge is -2.28. The third-order valence-electron chi connectivity index (χ3n) is 7.62. The minimum atomic E-state index is -0.343. The molecule has 0 radical (unpaired) electrons. The number of nitrogens with zero attached hydrogens (tertiary/aromatic N) is 3. The van der Waals surface area contributed by atoms with Crippen LogP contribution < -0.4 is 10.6 Å². The number of anilines is 1. The lowest BCUT2D eigenvalue weighted by Crippen LogP contribution is -2.32. The number of carbonyl (C=O) groups excluding carboxylic acids is 1. The van der Waals surface area contributed by atoms with Gasteiger partial charge in [-0.1, -0.05) is 31.2 Å². The molecule has 1 saturated heterocycles. The Labute approximate surface area is 240 Å². The molecule has 0 saturated carbocycles. The number of carbonyl (C=O) groups is 1. The second-order valence-corrected chi connectivity index (χ2v) is 10.6. The van der Waals surface area contributed by atoms with E-state index in [2.05, 4.69) is 77.0 Å². The maximum atomic E-state index is 13.3. The molecule has 0 spiro atoms. The van der Waals surface area contributed by atoms with Gasteiger partial charge in [0, 0.05) is 36.2 Å². The summed E-state index contributed by atoms with van der Waals surface area (Å²) >= 11 is 5.83. The first-order valence-corrected chi connectivity index (χ1v) is 14.0. The average Bonchev–Trinajstić information content (AvgIpc) is 3.43. The van der Waals surface area contributed by atoms with Crippen LogP contribution in [0.1, 0.15) is 59.2 Å². The molecule has 1 aliphatic rings. The summed E-state index contributed by atoms with van der Waals surface area (Å²) in [5.41, 5.74) is 8.62. The Balaban J connectivity index is 1.50. The van der Waals surface area contributed by atoms with E-state index in [1.807, 2.05) is 18.2 Å². The van der Waals surface area contributed by atoms with Crippen LogP contribution in [0, 0.1) is 26.6 Å². The van der Waals surface area contributed by atoms with Gasteiger partial charge in [-0.15, -0.1) is 0 Å². The Kier molecular flexibility index (Phi) is 7.98. The molecule has 4 aromatic rings. The van der Waals surface area contributed by atoms with E-state index in [0.29, 0.717) is 17.3 Å². The van der Waals surface area contributed by atoms with Crippen molar-refractivity contribution in [3.63, 3.8) is 0 Å². The summed E-state index contributed by atoms with van der Waals surface area (Å²) in [5.74, 6) is -0.503. The summed E-state index contributed by atoms with van der Waals surface area (Å²) in [6.45, 7) is 9.05. The lowest BCUT2D eigenvalue weighted by atomic mass is 9.96. The van der Waals surface area contributed by atoms with Crippen molar-refractivity contribution in [1.29, 1.82) is 0 Å². The zero-order valence-corrected chi connectivity index (χ0v) is 24.1. The molecule has 1 fully saturated rings. The first kappa shape index (κ1) is 27.5. The minimum Gasteiger partial charge on any atom is -0.352 e. The van der Waals surface area contributed by atoms with Crippen molar-refractivity contribution >= 4 is 28.9 Å². The van der Waals surface area contributed by atoms with E-state index in [1.54, 1.807) is 18.3 Å². The van der Waals surface area contributed by atoms with E-state index in [-0.39, 0.29) is 30.2 Å². The molecule has 2 aromatic heterocycles.